The van der Waals surface area contributed by atoms with Gasteiger partial charge in [-0.05, 0) is 37.3 Å². The van der Waals surface area contributed by atoms with Crippen LogP contribution >= 0.6 is 11.3 Å². The first-order chi connectivity index (χ1) is 14.7. The van der Waals surface area contributed by atoms with E-state index in [1.165, 1.54) is 31.5 Å². The fourth-order valence-electron chi connectivity index (χ4n) is 2.59. The second-order valence-electron chi connectivity index (χ2n) is 6.51. The summed E-state index contributed by atoms with van der Waals surface area (Å²) in [6.45, 7) is 3.23. The van der Waals surface area contributed by atoms with Crippen molar-refractivity contribution in [1.29, 1.82) is 0 Å². The second-order valence-corrected chi connectivity index (χ2v) is 9.05. The summed E-state index contributed by atoms with van der Waals surface area (Å²) in [7, 11) is -2.37. The van der Waals surface area contributed by atoms with Crippen molar-refractivity contribution >= 4 is 49.7 Å². The maximum Gasteiger partial charge on any atom is 0.275 e. The molecule has 1 aromatic heterocycles. The highest BCUT2D eigenvalue weighted by Crippen LogP contribution is 2.29. The van der Waals surface area contributed by atoms with Crippen molar-refractivity contribution in [3.05, 3.63) is 59.1 Å². The molecule has 0 spiro atoms. The smallest absolute Gasteiger partial charge is 0.275 e. The summed E-state index contributed by atoms with van der Waals surface area (Å²) >= 11 is 0.984. The second kappa shape index (κ2) is 9.14. The van der Waals surface area contributed by atoms with E-state index in [2.05, 4.69) is 20.3 Å². The third kappa shape index (κ3) is 5.58. The molecule has 3 rings (SSSR count). The van der Waals surface area contributed by atoms with Crippen LogP contribution in [-0.2, 0) is 14.8 Å². The molecule has 0 aliphatic heterocycles. The Morgan fingerprint density at radius 1 is 1.06 bits per heavy atom. The highest BCUT2D eigenvalue weighted by Gasteiger charge is 2.19. The van der Waals surface area contributed by atoms with E-state index in [0.717, 1.165) is 16.9 Å². The number of aryl methyl sites for hydroxylation is 1. The number of sulfonamides is 1. The van der Waals surface area contributed by atoms with E-state index in [-0.39, 0.29) is 21.6 Å². The Kier molecular flexibility index (Phi) is 6.56. The van der Waals surface area contributed by atoms with Crippen LogP contribution in [0.25, 0.3) is 0 Å². The Morgan fingerprint density at radius 3 is 2.42 bits per heavy atom. The minimum absolute atomic E-state index is 0.0265. The highest BCUT2D eigenvalue weighted by atomic mass is 32.2. The lowest BCUT2D eigenvalue weighted by Gasteiger charge is -2.11. The van der Waals surface area contributed by atoms with Crippen LogP contribution in [0, 0.1) is 6.92 Å². The number of hydrogen-bond acceptors (Lipinski definition) is 7. The third-order valence-corrected chi connectivity index (χ3v) is 6.30. The number of methoxy groups -OCH3 is 1. The van der Waals surface area contributed by atoms with Crippen molar-refractivity contribution in [1.82, 2.24) is 4.98 Å². The van der Waals surface area contributed by atoms with Crippen LogP contribution in [0.4, 0.5) is 16.5 Å². The Hall–Kier alpha value is -3.44. The van der Waals surface area contributed by atoms with Gasteiger partial charge in [-0.3, -0.25) is 14.3 Å². The van der Waals surface area contributed by atoms with Gasteiger partial charge < -0.3 is 15.4 Å². The maximum atomic E-state index is 12.6. The van der Waals surface area contributed by atoms with E-state index >= 15 is 0 Å². The Bertz CT molecular complexity index is 1220. The number of thiazole rings is 1. The minimum atomic E-state index is -3.82. The van der Waals surface area contributed by atoms with Crippen LogP contribution in [0.5, 0.6) is 5.75 Å². The van der Waals surface area contributed by atoms with Crippen molar-refractivity contribution < 1.29 is 22.7 Å². The summed E-state index contributed by atoms with van der Waals surface area (Å²) in [6.07, 6.45) is 0. The van der Waals surface area contributed by atoms with Crippen molar-refractivity contribution in [2.75, 3.05) is 22.5 Å². The molecule has 3 N–H and O–H groups in total. The SMILES string of the molecule is COc1ccc(NC(C)=O)cc1NC(=O)c1csc(NS(=O)(=O)c2ccc(C)cc2)n1. The van der Waals surface area contributed by atoms with Crippen LogP contribution in [-0.4, -0.2) is 32.3 Å². The van der Waals surface area contributed by atoms with Crippen LogP contribution < -0.4 is 20.1 Å². The lowest BCUT2D eigenvalue weighted by Crippen LogP contribution is -2.15. The average molecular weight is 461 g/mol. The van der Waals surface area contributed by atoms with Gasteiger partial charge in [0, 0.05) is 18.0 Å². The van der Waals surface area contributed by atoms with E-state index in [0.29, 0.717) is 17.1 Å². The number of ether oxygens (including phenoxy) is 1. The Morgan fingerprint density at radius 2 is 1.77 bits per heavy atom. The van der Waals surface area contributed by atoms with Crippen molar-refractivity contribution in [3.8, 4) is 5.75 Å². The van der Waals surface area contributed by atoms with Gasteiger partial charge in [-0.1, -0.05) is 17.7 Å². The van der Waals surface area contributed by atoms with Gasteiger partial charge in [0.15, 0.2) is 5.13 Å². The van der Waals surface area contributed by atoms with Gasteiger partial charge in [-0.15, -0.1) is 11.3 Å². The first-order valence-electron chi connectivity index (χ1n) is 9.00. The van der Waals surface area contributed by atoms with Crippen LogP contribution in [0.2, 0.25) is 0 Å². The molecule has 0 atom stereocenters. The zero-order valence-electron chi connectivity index (χ0n) is 16.9. The van der Waals surface area contributed by atoms with Crippen molar-refractivity contribution in [2.24, 2.45) is 0 Å². The molecule has 0 aliphatic rings. The average Bonchev–Trinajstić information content (AvgIpc) is 3.16. The molecule has 1 heterocycles. The van der Waals surface area contributed by atoms with Gasteiger partial charge in [-0.25, -0.2) is 13.4 Å². The summed E-state index contributed by atoms with van der Waals surface area (Å²) in [4.78, 5) is 28.0. The number of nitrogens with zero attached hydrogens (tertiary/aromatic N) is 1. The lowest BCUT2D eigenvalue weighted by molar-refractivity contribution is -0.114. The van der Waals surface area contributed by atoms with Crippen LogP contribution in [0.15, 0.2) is 52.7 Å². The van der Waals surface area contributed by atoms with Gasteiger partial charge in [0.05, 0.1) is 17.7 Å². The Labute approximate surface area is 183 Å². The van der Waals surface area contributed by atoms with Gasteiger partial charge in [0.2, 0.25) is 5.91 Å². The molecule has 2 aromatic carbocycles. The van der Waals surface area contributed by atoms with Gasteiger partial charge >= 0.3 is 0 Å². The van der Waals surface area contributed by atoms with E-state index in [4.69, 9.17) is 4.74 Å². The monoisotopic (exact) mass is 460 g/mol. The number of nitrogens with one attached hydrogen (secondary N) is 3. The minimum Gasteiger partial charge on any atom is -0.495 e. The van der Waals surface area contributed by atoms with Crippen LogP contribution in [0.3, 0.4) is 0 Å². The molecular formula is C20H20N4O5S2. The first kappa shape index (κ1) is 22.2. The molecule has 31 heavy (non-hydrogen) atoms. The number of benzene rings is 2. The van der Waals surface area contributed by atoms with Gasteiger partial charge in [-0.2, -0.15) is 0 Å². The van der Waals surface area contributed by atoms with Crippen molar-refractivity contribution in [3.63, 3.8) is 0 Å². The zero-order chi connectivity index (χ0) is 22.6. The Balaban J connectivity index is 1.76. The largest absolute Gasteiger partial charge is 0.495 e. The molecule has 0 bridgehead atoms. The lowest BCUT2D eigenvalue weighted by atomic mass is 10.2. The fraction of sp³-hybridized carbons (Fsp3) is 0.150. The van der Waals surface area contributed by atoms with Crippen molar-refractivity contribution in [2.45, 2.75) is 18.7 Å². The molecule has 0 fully saturated rings. The third-order valence-electron chi connectivity index (χ3n) is 4.06. The molecule has 0 saturated heterocycles. The number of anilines is 3. The first-order valence-corrected chi connectivity index (χ1v) is 11.4. The predicted octanol–water partition coefficient (Wildman–Crippen LogP) is 3.47. The molecule has 0 aliphatic carbocycles. The molecule has 0 saturated carbocycles. The summed E-state index contributed by atoms with van der Waals surface area (Å²) in [5.41, 5.74) is 1.77. The predicted molar refractivity (Wildman–Crippen MR) is 119 cm³/mol. The number of carbonyl (C=O) groups is 2. The number of hydrogen-bond donors (Lipinski definition) is 3. The highest BCUT2D eigenvalue weighted by molar-refractivity contribution is 7.93. The molecule has 11 heteroatoms. The quantitative estimate of drug-likeness (QED) is 0.496. The fourth-order valence-corrected chi connectivity index (χ4v) is 4.53. The molecule has 0 radical (unpaired) electrons. The van der Waals surface area contributed by atoms with Gasteiger partial charge in [0.1, 0.15) is 11.4 Å². The van der Waals surface area contributed by atoms with E-state index < -0.39 is 15.9 Å². The topological polar surface area (TPSA) is 126 Å². The normalized spacial score (nSPS) is 10.9. The van der Waals surface area contributed by atoms with E-state index in [9.17, 15) is 18.0 Å². The number of rotatable bonds is 7. The summed E-state index contributed by atoms with van der Waals surface area (Å²) in [5.74, 6) is -0.430. The molecule has 0 unspecified atom stereocenters. The molecule has 162 valence electrons. The summed E-state index contributed by atoms with van der Waals surface area (Å²) < 4.78 is 32.6. The standard InChI is InChI=1S/C20H20N4O5S2/c1-12-4-7-15(8-5-12)31(27,28)24-20-23-17(11-30-20)19(26)22-16-10-14(21-13(2)25)6-9-18(16)29-3/h4-11H,1-3H3,(H,21,25)(H,22,26)(H,23,24). The zero-order valence-corrected chi connectivity index (χ0v) is 18.6. The number of carbonyl (C=O) groups excluding carboxylic acids is 2. The van der Waals surface area contributed by atoms with Gasteiger partial charge in [0.25, 0.3) is 15.9 Å². The van der Waals surface area contributed by atoms with E-state index in [1.807, 2.05) is 6.92 Å². The number of aromatic nitrogens is 1. The molecule has 9 nitrogen and oxygen atoms in total. The molecular weight excluding hydrogens is 440 g/mol. The van der Waals surface area contributed by atoms with E-state index in [1.54, 1.807) is 30.3 Å². The summed E-state index contributed by atoms with van der Waals surface area (Å²) in [5, 5.41) is 6.78. The summed E-state index contributed by atoms with van der Waals surface area (Å²) in [6, 6.07) is 11.2. The molecule has 2 amide bonds. The number of amides is 2. The van der Waals surface area contributed by atoms with Crippen LogP contribution in [0.1, 0.15) is 23.0 Å². The maximum absolute atomic E-state index is 12.6. The molecule has 3 aromatic rings.